The van der Waals surface area contributed by atoms with Crippen molar-refractivity contribution in [3.8, 4) is 0 Å². The number of rotatable bonds is 6. The van der Waals surface area contributed by atoms with Crippen LogP contribution in [0.5, 0.6) is 0 Å². The summed E-state index contributed by atoms with van der Waals surface area (Å²) < 4.78 is 30.7. The maximum atomic E-state index is 13.3. The highest BCUT2D eigenvalue weighted by atomic mass is 32.1. The summed E-state index contributed by atoms with van der Waals surface area (Å²) in [4.78, 5) is 19.0. The first-order chi connectivity index (χ1) is 14.6. The van der Waals surface area contributed by atoms with Crippen LogP contribution in [0.3, 0.4) is 0 Å². The molecule has 4 rings (SSSR count). The molecule has 30 heavy (non-hydrogen) atoms. The summed E-state index contributed by atoms with van der Waals surface area (Å²) in [6.45, 7) is 2.28. The van der Waals surface area contributed by atoms with Crippen molar-refractivity contribution in [2.45, 2.75) is 19.3 Å². The molecular weight excluding hydrogens is 406 g/mol. The minimum absolute atomic E-state index is 0.244. The first-order valence-electron chi connectivity index (χ1n) is 9.92. The van der Waals surface area contributed by atoms with E-state index in [0.717, 1.165) is 42.5 Å². The number of hydrogen-bond donors (Lipinski definition) is 1. The van der Waals surface area contributed by atoms with E-state index in [1.807, 2.05) is 0 Å². The number of benzene rings is 2. The van der Waals surface area contributed by atoms with Crippen molar-refractivity contribution >= 4 is 22.6 Å². The van der Waals surface area contributed by atoms with Gasteiger partial charge in [0.25, 0.3) is 5.91 Å². The standard InChI is InChI=1S/C22H22F2N4OS/c23-18-6-4-15(5-7-18)12-20-26-22(30-27-20)28-10-8-16(9-11-28)14-25-21(29)17-2-1-3-19(24)13-17/h1-7,13,16H,8-12,14H2,(H,25,29). The van der Waals surface area contributed by atoms with E-state index in [1.165, 1.54) is 41.9 Å². The molecule has 1 aliphatic heterocycles. The van der Waals surface area contributed by atoms with Crippen molar-refractivity contribution in [2.75, 3.05) is 24.5 Å². The molecule has 2 heterocycles. The van der Waals surface area contributed by atoms with Gasteiger partial charge in [-0.05, 0) is 54.7 Å². The van der Waals surface area contributed by atoms with E-state index in [0.29, 0.717) is 24.4 Å². The van der Waals surface area contributed by atoms with Gasteiger partial charge in [0.2, 0.25) is 5.13 Å². The maximum Gasteiger partial charge on any atom is 0.251 e. The number of amides is 1. The molecule has 8 heteroatoms. The molecule has 0 bridgehead atoms. The van der Waals surface area contributed by atoms with Gasteiger partial charge in [0.15, 0.2) is 0 Å². The van der Waals surface area contributed by atoms with E-state index in [2.05, 4.69) is 19.6 Å². The molecule has 3 aromatic rings. The highest BCUT2D eigenvalue weighted by Gasteiger charge is 2.22. The molecular formula is C22H22F2N4OS. The van der Waals surface area contributed by atoms with E-state index in [1.54, 1.807) is 18.2 Å². The molecule has 156 valence electrons. The minimum atomic E-state index is -0.410. The van der Waals surface area contributed by atoms with Gasteiger partial charge in [-0.1, -0.05) is 18.2 Å². The van der Waals surface area contributed by atoms with Crippen LogP contribution in [0.25, 0.3) is 0 Å². The number of aromatic nitrogens is 2. The van der Waals surface area contributed by atoms with Crippen LogP contribution in [0.1, 0.15) is 34.6 Å². The first-order valence-corrected chi connectivity index (χ1v) is 10.7. The number of nitrogens with zero attached hydrogens (tertiary/aromatic N) is 3. The van der Waals surface area contributed by atoms with Gasteiger partial charge < -0.3 is 10.2 Å². The van der Waals surface area contributed by atoms with Crippen molar-refractivity contribution < 1.29 is 13.6 Å². The van der Waals surface area contributed by atoms with Crippen molar-refractivity contribution in [3.05, 3.63) is 77.1 Å². The zero-order valence-electron chi connectivity index (χ0n) is 16.4. The average molecular weight is 429 g/mol. The number of halogens is 2. The lowest BCUT2D eigenvalue weighted by atomic mass is 9.97. The Bertz CT molecular complexity index is 1000. The van der Waals surface area contributed by atoms with Gasteiger partial charge in [-0.25, -0.2) is 13.8 Å². The molecule has 1 aliphatic rings. The molecule has 1 aromatic heterocycles. The number of carbonyl (C=O) groups excluding carboxylic acids is 1. The van der Waals surface area contributed by atoms with Gasteiger partial charge in [0.1, 0.15) is 17.5 Å². The van der Waals surface area contributed by atoms with Gasteiger partial charge in [-0.2, -0.15) is 4.37 Å². The normalized spacial score (nSPS) is 14.7. The molecule has 1 saturated heterocycles. The zero-order chi connectivity index (χ0) is 20.9. The van der Waals surface area contributed by atoms with E-state index < -0.39 is 5.82 Å². The van der Waals surface area contributed by atoms with Crippen LogP contribution in [-0.4, -0.2) is 34.9 Å². The predicted octanol–water partition coefficient (Wildman–Crippen LogP) is 4.05. The SMILES string of the molecule is O=C(NCC1CCN(c2nc(Cc3ccc(F)cc3)ns2)CC1)c1cccc(F)c1. The topological polar surface area (TPSA) is 58.1 Å². The smallest absolute Gasteiger partial charge is 0.251 e. The van der Waals surface area contributed by atoms with Gasteiger partial charge in [-0.15, -0.1) is 0 Å². The third kappa shape index (κ3) is 5.18. The van der Waals surface area contributed by atoms with Gasteiger partial charge in [-0.3, -0.25) is 4.79 Å². The second-order valence-corrected chi connectivity index (χ2v) is 8.18. The lowest BCUT2D eigenvalue weighted by molar-refractivity contribution is 0.0944. The molecule has 0 spiro atoms. The van der Waals surface area contributed by atoms with E-state index in [4.69, 9.17) is 0 Å². The monoisotopic (exact) mass is 428 g/mol. The summed E-state index contributed by atoms with van der Waals surface area (Å²) in [5.74, 6) is 0.218. The Morgan fingerprint density at radius 1 is 1.10 bits per heavy atom. The Balaban J connectivity index is 1.25. The summed E-state index contributed by atoms with van der Waals surface area (Å²) in [5, 5.41) is 3.81. The Labute approximate surface area is 177 Å². The summed E-state index contributed by atoms with van der Waals surface area (Å²) in [6, 6.07) is 12.1. The summed E-state index contributed by atoms with van der Waals surface area (Å²) in [5.41, 5.74) is 1.32. The van der Waals surface area contributed by atoms with Gasteiger partial charge in [0.05, 0.1) is 0 Å². The van der Waals surface area contributed by atoms with Crippen LogP contribution < -0.4 is 10.2 Å². The Kier molecular flexibility index (Phi) is 6.32. The van der Waals surface area contributed by atoms with Crippen LogP contribution in [0.2, 0.25) is 0 Å². The van der Waals surface area contributed by atoms with Crippen LogP contribution in [0, 0.1) is 17.6 Å². The second-order valence-electron chi connectivity index (χ2n) is 7.45. The predicted molar refractivity (Wildman–Crippen MR) is 113 cm³/mol. The molecule has 1 N–H and O–H groups in total. The average Bonchev–Trinajstić information content (AvgIpc) is 3.22. The summed E-state index contributed by atoms with van der Waals surface area (Å²) >= 11 is 1.38. The number of piperidine rings is 1. The van der Waals surface area contributed by atoms with Gasteiger partial charge in [0, 0.05) is 43.2 Å². The van der Waals surface area contributed by atoms with E-state index in [9.17, 15) is 13.6 Å². The fourth-order valence-corrected chi connectivity index (χ4v) is 4.26. The molecule has 1 amide bonds. The third-order valence-electron chi connectivity index (χ3n) is 5.26. The Morgan fingerprint density at radius 3 is 2.60 bits per heavy atom. The first kappa shape index (κ1) is 20.4. The second kappa shape index (κ2) is 9.30. The van der Waals surface area contributed by atoms with Crippen molar-refractivity contribution in [1.29, 1.82) is 0 Å². The Morgan fingerprint density at radius 2 is 1.87 bits per heavy atom. The van der Waals surface area contributed by atoms with Crippen LogP contribution >= 0.6 is 11.5 Å². The quantitative estimate of drug-likeness (QED) is 0.644. The summed E-state index contributed by atoms with van der Waals surface area (Å²) in [6.07, 6.45) is 2.46. The number of nitrogens with one attached hydrogen (secondary N) is 1. The molecule has 0 radical (unpaired) electrons. The summed E-state index contributed by atoms with van der Waals surface area (Å²) in [7, 11) is 0. The van der Waals surface area contributed by atoms with Crippen molar-refractivity contribution in [1.82, 2.24) is 14.7 Å². The molecule has 1 fully saturated rings. The zero-order valence-corrected chi connectivity index (χ0v) is 17.2. The Hall–Kier alpha value is -2.87. The molecule has 0 saturated carbocycles. The minimum Gasteiger partial charge on any atom is -0.352 e. The highest BCUT2D eigenvalue weighted by molar-refractivity contribution is 7.09. The fraction of sp³-hybridized carbons (Fsp3) is 0.318. The highest BCUT2D eigenvalue weighted by Crippen LogP contribution is 2.25. The molecule has 5 nitrogen and oxygen atoms in total. The fourth-order valence-electron chi connectivity index (χ4n) is 3.53. The number of carbonyl (C=O) groups is 1. The van der Waals surface area contributed by atoms with E-state index in [-0.39, 0.29) is 11.7 Å². The van der Waals surface area contributed by atoms with Gasteiger partial charge >= 0.3 is 0 Å². The lowest BCUT2D eigenvalue weighted by Gasteiger charge is -2.31. The lowest BCUT2D eigenvalue weighted by Crippen LogP contribution is -2.38. The van der Waals surface area contributed by atoms with Crippen LogP contribution in [0.15, 0.2) is 48.5 Å². The number of hydrogen-bond acceptors (Lipinski definition) is 5. The molecule has 0 unspecified atom stereocenters. The van der Waals surface area contributed by atoms with Crippen LogP contribution in [-0.2, 0) is 6.42 Å². The molecule has 2 aromatic carbocycles. The molecule has 0 aliphatic carbocycles. The molecule has 0 atom stereocenters. The largest absolute Gasteiger partial charge is 0.352 e. The number of anilines is 1. The van der Waals surface area contributed by atoms with Crippen molar-refractivity contribution in [2.24, 2.45) is 5.92 Å². The van der Waals surface area contributed by atoms with E-state index >= 15 is 0 Å². The van der Waals surface area contributed by atoms with Crippen molar-refractivity contribution in [3.63, 3.8) is 0 Å². The third-order valence-corrected chi connectivity index (χ3v) is 6.07. The maximum absolute atomic E-state index is 13.3. The van der Waals surface area contributed by atoms with Crippen LogP contribution in [0.4, 0.5) is 13.9 Å².